The van der Waals surface area contributed by atoms with E-state index in [0.29, 0.717) is 6.54 Å². The minimum Gasteiger partial charge on any atom is -0.398 e. The number of pyridine rings is 1. The third-order valence-corrected chi connectivity index (χ3v) is 5.30. The van der Waals surface area contributed by atoms with Crippen LogP contribution < -0.4 is 10.5 Å². The van der Waals surface area contributed by atoms with E-state index >= 15 is 0 Å². The smallest absolute Gasteiger partial charge is 0.244 e. The lowest BCUT2D eigenvalue weighted by Crippen LogP contribution is -2.37. The van der Waals surface area contributed by atoms with E-state index in [1.54, 1.807) is 0 Å². The summed E-state index contributed by atoms with van der Waals surface area (Å²) < 4.78 is 27.1. The van der Waals surface area contributed by atoms with Gasteiger partial charge in [0.1, 0.15) is 4.90 Å². The lowest BCUT2D eigenvalue weighted by Gasteiger charge is -2.33. The van der Waals surface area contributed by atoms with Gasteiger partial charge in [-0.2, -0.15) is 0 Å². The molecular weight excluding hydrogens is 262 g/mol. The fraction of sp³-hybridized carbons (Fsp3) is 0.615. The van der Waals surface area contributed by atoms with E-state index in [-0.39, 0.29) is 16.0 Å². The Kier molecular flexibility index (Phi) is 4.10. The second-order valence-electron chi connectivity index (χ2n) is 5.61. The second-order valence-corrected chi connectivity index (χ2v) is 7.34. The number of hydrogen-bond donors (Lipinski definition) is 2. The van der Waals surface area contributed by atoms with Crippen molar-refractivity contribution in [3.8, 4) is 0 Å². The zero-order chi connectivity index (χ0) is 13.9. The average molecular weight is 283 g/mol. The highest BCUT2D eigenvalue weighted by Crippen LogP contribution is 2.35. The highest BCUT2D eigenvalue weighted by atomic mass is 32.2. The van der Waals surface area contributed by atoms with Crippen LogP contribution in [0.3, 0.4) is 0 Å². The van der Waals surface area contributed by atoms with Crippen LogP contribution in [0.5, 0.6) is 0 Å². The first kappa shape index (κ1) is 14.3. The van der Waals surface area contributed by atoms with Crippen LogP contribution in [0.15, 0.2) is 23.4 Å². The summed E-state index contributed by atoms with van der Waals surface area (Å²) in [5.41, 5.74) is 5.98. The predicted octanol–water partition coefficient (Wildman–Crippen LogP) is 1.91. The highest BCUT2D eigenvalue weighted by Gasteiger charge is 2.29. The minimum atomic E-state index is -3.57. The van der Waals surface area contributed by atoms with Gasteiger partial charge in [0.25, 0.3) is 0 Å². The molecule has 1 aromatic rings. The average Bonchev–Trinajstić information content (AvgIpc) is 2.38. The van der Waals surface area contributed by atoms with Crippen molar-refractivity contribution in [3.05, 3.63) is 18.5 Å². The molecular formula is C13H21N3O2S. The molecule has 1 fully saturated rings. The van der Waals surface area contributed by atoms with Crippen molar-refractivity contribution in [2.75, 3.05) is 12.3 Å². The predicted molar refractivity (Wildman–Crippen MR) is 75.0 cm³/mol. The van der Waals surface area contributed by atoms with Crippen LogP contribution in [-0.2, 0) is 10.0 Å². The summed E-state index contributed by atoms with van der Waals surface area (Å²) in [6.45, 7) is 2.60. The van der Waals surface area contributed by atoms with Gasteiger partial charge in [0, 0.05) is 18.9 Å². The van der Waals surface area contributed by atoms with Crippen LogP contribution in [0.1, 0.15) is 39.0 Å². The molecule has 106 valence electrons. The normalized spacial score (nSPS) is 19.2. The fourth-order valence-corrected chi connectivity index (χ4v) is 3.82. The van der Waals surface area contributed by atoms with Crippen LogP contribution in [-0.4, -0.2) is 19.9 Å². The Morgan fingerprint density at radius 1 is 1.37 bits per heavy atom. The molecule has 1 aromatic heterocycles. The molecule has 0 unspecified atom stereocenters. The molecule has 0 amide bonds. The van der Waals surface area contributed by atoms with Gasteiger partial charge in [-0.05, 0) is 24.3 Å². The number of aromatic nitrogens is 1. The molecule has 0 bridgehead atoms. The topological polar surface area (TPSA) is 85.1 Å². The maximum absolute atomic E-state index is 12.2. The van der Waals surface area contributed by atoms with Crippen molar-refractivity contribution in [1.82, 2.24) is 9.71 Å². The molecule has 0 radical (unpaired) electrons. The van der Waals surface area contributed by atoms with E-state index in [1.165, 1.54) is 37.7 Å². The lowest BCUT2D eigenvalue weighted by molar-refractivity contribution is 0.219. The number of nitrogen functional groups attached to an aromatic ring is 1. The van der Waals surface area contributed by atoms with Gasteiger partial charge in [-0.3, -0.25) is 4.98 Å². The molecule has 0 aromatic carbocycles. The van der Waals surface area contributed by atoms with Gasteiger partial charge in [-0.1, -0.05) is 26.2 Å². The van der Waals surface area contributed by atoms with Crippen molar-refractivity contribution in [2.45, 2.75) is 43.9 Å². The van der Waals surface area contributed by atoms with E-state index in [4.69, 9.17) is 5.73 Å². The van der Waals surface area contributed by atoms with Crippen LogP contribution in [0.25, 0.3) is 0 Å². The Hall–Kier alpha value is -1.14. The molecule has 1 saturated carbocycles. The zero-order valence-corrected chi connectivity index (χ0v) is 12.0. The Balaban J connectivity index is 2.08. The van der Waals surface area contributed by atoms with Crippen LogP contribution >= 0.6 is 0 Å². The first-order valence-corrected chi connectivity index (χ1v) is 8.10. The number of sulfonamides is 1. The van der Waals surface area contributed by atoms with E-state index in [1.807, 2.05) is 0 Å². The molecule has 19 heavy (non-hydrogen) atoms. The van der Waals surface area contributed by atoms with Gasteiger partial charge in [0.2, 0.25) is 10.0 Å². The number of nitrogens with zero attached hydrogens (tertiary/aromatic N) is 1. The molecule has 1 aliphatic rings. The van der Waals surface area contributed by atoms with Crippen molar-refractivity contribution in [3.63, 3.8) is 0 Å². The standard InChI is InChI=1S/C13H21N3O2S/c1-13(6-3-2-4-7-13)10-16-19(17,18)12-9-15-8-5-11(12)14/h5,8-9,16H,2-4,6-7,10H2,1H3,(H2,14,15). The largest absolute Gasteiger partial charge is 0.398 e. The summed E-state index contributed by atoms with van der Waals surface area (Å²) >= 11 is 0. The lowest BCUT2D eigenvalue weighted by atomic mass is 9.76. The molecule has 5 nitrogen and oxygen atoms in total. The van der Waals surface area contributed by atoms with Crippen molar-refractivity contribution in [1.29, 1.82) is 0 Å². The molecule has 0 saturated heterocycles. The van der Waals surface area contributed by atoms with Gasteiger partial charge in [0.05, 0.1) is 5.69 Å². The molecule has 3 N–H and O–H groups in total. The third kappa shape index (κ3) is 3.45. The van der Waals surface area contributed by atoms with Crippen LogP contribution in [0, 0.1) is 5.41 Å². The maximum Gasteiger partial charge on any atom is 0.244 e. The Labute approximate surface area is 114 Å². The second kappa shape index (κ2) is 5.46. The molecule has 0 atom stereocenters. The SMILES string of the molecule is CC1(CNS(=O)(=O)c2cnccc2N)CCCCC1. The molecule has 1 aliphatic carbocycles. The first-order valence-electron chi connectivity index (χ1n) is 6.62. The Morgan fingerprint density at radius 3 is 2.68 bits per heavy atom. The summed E-state index contributed by atoms with van der Waals surface area (Å²) in [6.07, 6.45) is 8.51. The highest BCUT2D eigenvalue weighted by molar-refractivity contribution is 7.89. The van der Waals surface area contributed by atoms with Gasteiger partial charge >= 0.3 is 0 Å². The summed E-state index contributed by atoms with van der Waals surface area (Å²) in [7, 11) is -3.57. The minimum absolute atomic E-state index is 0.0578. The van der Waals surface area contributed by atoms with E-state index in [9.17, 15) is 8.42 Å². The Bertz CT molecular complexity index is 537. The van der Waals surface area contributed by atoms with Gasteiger partial charge in [-0.15, -0.1) is 0 Å². The van der Waals surface area contributed by atoms with Gasteiger partial charge in [0.15, 0.2) is 0 Å². The van der Waals surface area contributed by atoms with Crippen LogP contribution in [0.2, 0.25) is 0 Å². The van der Waals surface area contributed by atoms with Gasteiger partial charge in [-0.25, -0.2) is 13.1 Å². The van der Waals surface area contributed by atoms with E-state index in [2.05, 4.69) is 16.6 Å². The van der Waals surface area contributed by atoms with Crippen molar-refractivity contribution < 1.29 is 8.42 Å². The van der Waals surface area contributed by atoms with Gasteiger partial charge < -0.3 is 5.73 Å². The summed E-state index contributed by atoms with van der Waals surface area (Å²) in [4.78, 5) is 3.89. The monoisotopic (exact) mass is 283 g/mol. The quantitative estimate of drug-likeness (QED) is 0.884. The number of nitrogens with two attached hydrogens (primary N) is 1. The van der Waals surface area contributed by atoms with Crippen molar-refractivity contribution in [2.24, 2.45) is 5.41 Å². The maximum atomic E-state index is 12.2. The number of nitrogens with one attached hydrogen (secondary N) is 1. The summed E-state index contributed by atoms with van der Waals surface area (Å²) in [6, 6.07) is 1.50. The molecule has 2 rings (SSSR count). The molecule has 1 heterocycles. The van der Waals surface area contributed by atoms with Crippen molar-refractivity contribution >= 4 is 15.7 Å². The zero-order valence-electron chi connectivity index (χ0n) is 11.2. The van der Waals surface area contributed by atoms with E-state index in [0.717, 1.165) is 12.8 Å². The Morgan fingerprint density at radius 2 is 2.05 bits per heavy atom. The molecule has 0 aliphatic heterocycles. The number of hydrogen-bond acceptors (Lipinski definition) is 4. The number of anilines is 1. The summed E-state index contributed by atoms with van der Waals surface area (Å²) in [5.74, 6) is 0. The number of rotatable bonds is 4. The summed E-state index contributed by atoms with van der Waals surface area (Å²) in [5, 5.41) is 0. The third-order valence-electron chi connectivity index (χ3n) is 3.86. The first-order chi connectivity index (χ1) is 8.93. The molecule has 6 heteroatoms. The van der Waals surface area contributed by atoms with Crippen LogP contribution in [0.4, 0.5) is 5.69 Å². The van der Waals surface area contributed by atoms with E-state index < -0.39 is 10.0 Å². The molecule has 0 spiro atoms. The fourth-order valence-electron chi connectivity index (χ4n) is 2.54.